The number of benzene rings is 1. The number of hydrogen-bond donors (Lipinski definition) is 2. The van der Waals surface area contributed by atoms with E-state index in [1.165, 1.54) is 37.3 Å². The Kier molecular flexibility index (Phi) is 4.88. The molecule has 2 aromatic heterocycles. The number of halogens is 1. The molecule has 9 nitrogen and oxygen atoms in total. The fraction of sp³-hybridized carbons (Fsp3) is 0.176. The maximum Gasteiger partial charge on any atom is 0.325 e. The third kappa shape index (κ3) is 3.24. The smallest absolute Gasteiger partial charge is 0.325 e. The number of fused-ring (bicyclic) bond motifs is 1. The summed E-state index contributed by atoms with van der Waals surface area (Å²) in [4.78, 5) is 24.5. The van der Waals surface area contributed by atoms with Gasteiger partial charge in [0, 0.05) is 18.1 Å². The van der Waals surface area contributed by atoms with Gasteiger partial charge in [-0.25, -0.2) is 19.2 Å². The number of aryl methyl sites for hydroxylation is 1. The van der Waals surface area contributed by atoms with E-state index < -0.39 is 5.82 Å². The Balaban J connectivity index is 2.07. The van der Waals surface area contributed by atoms with E-state index in [0.29, 0.717) is 11.2 Å². The number of amides is 1. The lowest BCUT2D eigenvalue weighted by Gasteiger charge is -2.10. The second-order valence-corrected chi connectivity index (χ2v) is 5.48. The second-order valence-electron chi connectivity index (χ2n) is 5.48. The van der Waals surface area contributed by atoms with Crippen LogP contribution in [0.1, 0.15) is 11.3 Å². The zero-order chi connectivity index (χ0) is 19.6. The molecule has 0 saturated heterocycles. The Bertz CT molecular complexity index is 1050. The van der Waals surface area contributed by atoms with Crippen molar-refractivity contribution in [3.8, 4) is 11.6 Å². The van der Waals surface area contributed by atoms with Crippen molar-refractivity contribution in [2.45, 2.75) is 6.92 Å². The van der Waals surface area contributed by atoms with Crippen LogP contribution in [0.4, 0.5) is 15.0 Å². The maximum absolute atomic E-state index is 15.0. The Hall–Kier alpha value is -3.69. The molecule has 0 radical (unpaired) electrons. The van der Waals surface area contributed by atoms with Crippen molar-refractivity contribution in [2.24, 2.45) is 5.16 Å². The number of hydrogen-bond acceptors (Lipinski definition) is 7. The van der Waals surface area contributed by atoms with Crippen molar-refractivity contribution in [1.29, 1.82) is 0 Å². The highest BCUT2D eigenvalue weighted by Gasteiger charge is 2.19. The first kappa shape index (κ1) is 18.1. The Morgan fingerprint density at radius 2 is 2.19 bits per heavy atom. The number of carbonyl (C=O) groups excluding carboxylic acids is 1. The number of nitrogens with two attached hydrogens (primary N) is 1. The number of nitrogen functional groups attached to an aromatic ring is 1. The van der Waals surface area contributed by atoms with Gasteiger partial charge < -0.3 is 20.6 Å². The van der Waals surface area contributed by atoms with Crippen molar-refractivity contribution in [1.82, 2.24) is 19.9 Å². The molecular weight excluding hydrogens is 355 g/mol. The van der Waals surface area contributed by atoms with Gasteiger partial charge in [0.15, 0.2) is 11.6 Å². The summed E-state index contributed by atoms with van der Waals surface area (Å²) in [5, 5.41) is 6.37. The van der Waals surface area contributed by atoms with Crippen LogP contribution in [0.5, 0.6) is 11.6 Å². The van der Waals surface area contributed by atoms with Crippen LogP contribution in [0.25, 0.3) is 10.9 Å². The Labute approximate surface area is 153 Å². The number of anilines is 1. The molecule has 0 unspecified atom stereocenters. The molecule has 3 rings (SSSR count). The van der Waals surface area contributed by atoms with E-state index >= 15 is 0 Å². The molecule has 0 aliphatic heterocycles. The second kappa shape index (κ2) is 7.28. The maximum atomic E-state index is 15.0. The molecule has 140 valence electrons. The quantitative estimate of drug-likeness (QED) is 0.537. The van der Waals surface area contributed by atoms with Gasteiger partial charge in [-0.15, -0.1) is 0 Å². The fourth-order valence-electron chi connectivity index (χ4n) is 2.62. The fourth-order valence-corrected chi connectivity index (χ4v) is 2.62. The number of carbonyl (C=O) groups is 1. The largest absolute Gasteiger partial charge is 0.435 e. The van der Waals surface area contributed by atoms with E-state index in [9.17, 15) is 9.18 Å². The third-order valence-corrected chi connectivity index (χ3v) is 3.86. The van der Waals surface area contributed by atoms with E-state index in [4.69, 9.17) is 10.5 Å². The number of nitrogens with one attached hydrogen (secondary N) is 1. The van der Waals surface area contributed by atoms with Gasteiger partial charge in [-0.1, -0.05) is 5.16 Å². The summed E-state index contributed by atoms with van der Waals surface area (Å²) in [6.07, 6.45) is 2.46. The number of rotatable bonds is 4. The van der Waals surface area contributed by atoms with E-state index in [-0.39, 0.29) is 34.4 Å². The summed E-state index contributed by atoms with van der Waals surface area (Å²) in [6.45, 7) is 1.71. The van der Waals surface area contributed by atoms with E-state index in [0.717, 1.165) is 0 Å². The summed E-state index contributed by atoms with van der Waals surface area (Å²) in [6, 6.07) is 4.20. The predicted molar refractivity (Wildman–Crippen MR) is 97.6 cm³/mol. The first-order valence-corrected chi connectivity index (χ1v) is 7.85. The molecule has 1 amide bonds. The monoisotopic (exact) mass is 372 g/mol. The molecule has 27 heavy (non-hydrogen) atoms. The number of aromatic nitrogens is 3. The van der Waals surface area contributed by atoms with Crippen LogP contribution in [0.2, 0.25) is 0 Å². The summed E-state index contributed by atoms with van der Waals surface area (Å²) >= 11 is 0. The van der Waals surface area contributed by atoms with Crippen molar-refractivity contribution in [2.75, 3.05) is 19.9 Å². The molecule has 0 fully saturated rings. The highest BCUT2D eigenvalue weighted by atomic mass is 19.1. The lowest BCUT2D eigenvalue weighted by Crippen LogP contribution is -2.25. The van der Waals surface area contributed by atoms with Gasteiger partial charge in [-0.2, -0.15) is 0 Å². The number of nitrogens with zero attached hydrogens (tertiary/aromatic N) is 4. The average molecular weight is 372 g/mol. The molecule has 0 saturated carbocycles. The molecule has 2 heterocycles. The number of ether oxygens (including phenoxy) is 1. The molecule has 0 aliphatic rings. The van der Waals surface area contributed by atoms with Gasteiger partial charge in [0.2, 0.25) is 5.88 Å². The molecule has 0 aliphatic carbocycles. The van der Waals surface area contributed by atoms with Crippen LogP contribution in [0.3, 0.4) is 0 Å². The molecule has 0 atom stereocenters. The summed E-state index contributed by atoms with van der Waals surface area (Å²) in [5.41, 5.74) is 7.04. The minimum absolute atomic E-state index is 0.0176. The van der Waals surface area contributed by atoms with Crippen LogP contribution in [0.15, 0.2) is 29.7 Å². The highest BCUT2D eigenvalue weighted by molar-refractivity contribution is 5.94. The topological polar surface area (TPSA) is 117 Å². The first-order chi connectivity index (χ1) is 13.0. The zero-order valence-electron chi connectivity index (χ0n) is 14.9. The van der Waals surface area contributed by atoms with Crippen LogP contribution < -0.4 is 15.8 Å². The van der Waals surface area contributed by atoms with Crippen LogP contribution in [-0.2, 0) is 4.84 Å². The van der Waals surface area contributed by atoms with Gasteiger partial charge in [0.25, 0.3) is 0 Å². The molecule has 3 aromatic rings. The van der Waals surface area contributed by atoms with Gasteiger partial charge in [0.05, 0.1) is 11.7 Å². The van der Waals surface area contributed by atoms with Crippen molar-refractivity contribution in [3.63, 3.8) is 0 Å². The molecule has 0 bridgehead atoms. The van der Waals surface area contributed by atoms with Gasteiger partial charge in [0.1, 0.15) is 24.8 Å². The van der Waals surface area contributed by atoms with Crippen LogP contribution in [-0.4, -0.2) is 40.9 Å². The van der Waals surface area contributed by atoms with E-state index in [2.05, 4.69) is 25.3 Å². The Morgan fingerprint density at radius 3 is 2.89 bits per heavy atom. The van der Waals surface area contributed by atoms with Gasteiger partial charge in [-0.3, -0.25) is 4.57 Å². The summed E-state index contributed by atoms with van der Waals surface area (Å²) < 4.78 is 22.0. The molecule has 3 N–H and O–H groups in total. The van der Waals surface area contributed by atoms with E-state index in [1.54, 1.807) is 19.1 Å². The Morgan fingerprint density at radius 1 is 1.41 bits per heavy atom. The van der Waals surface area contributed by atoms with E-state index in [1.807, 2.05) is 0 Å². The lowest BCUT2D eigenvalue weighted by atomic mass is 10.2. The molecule has 1 aromatic carbocycles. The normalized spacial score (nSPS) is 11.1. The van der Waals surface area contributed by atoms with Crippen molar-refractivity contribution >= 4 is 29.0 Å². The van der Waals surface area contributed by atoms with Crippen molar-refractivity contribution < 1.29 is 18.8 Å². The van der Waals surface area contributed by atoms with Crippen LogP contribution in [0, 0.1) is 12.7 Å². The van der Waals surface area contributed by atoms with Crippen molar-refractivity contribution in [3.05, 3.63) is 41.6 Å². The average Bonchev–Trinajstić information content (AvgIpc) is 3.00. The summed E-state index contributed by atoms with van der Waals surface area (Å²) in [7, 11) is 2.87. The molecule has 0 spiro atoms. The minimum Gasteiger partial charge on any atom is -0.435 e. The molecular formula is C17H17FN6O3. The highest BCUT2D eigenvalue weighted by Crippen LogP contribution is 2.32. The third-order valence-electron chi connectivity index (χ3n) is 3.86. The number of oxime groups is 1. The van der Waals surface area contributed by atoms with Gasteiger partial charge >= 0.3 is 6.03 Å². The minimum atomic E-state index is -0.634. The van der Waals surface area contributed by atoms with Gasteiger partial charge in [-0.05, 0) is 25.1 Å². The first-order valence-electron chi connectivity index (χ1n) is 7.85. The predicted octanol–water partition coefficient (Wildman–Crippen LogP) is 2.42. The van der Waals surface area contributed by atoms with Crippen LogP contribution >= 0.6 is 0 Å². The summed E-state index contributed by atoms with van der Waals surface area (Å²) in [5.74, 6) is -0.598. The molecule has 10 heteroatoms. The lowest BCUT2D eigenvalue weighted by molar-refractivity contribution is 0.215. The standard InChI is InChI=1S/C17H17FN6O3/c1-9-6-10-12(24(9)17(25)20-2)4-5-13(14(10)18)27-16-11(7-23-26-3)15(19)21-8-22-16/h4-8H,1-3H3,(H,20,25)(H2,19,21,22). The SMILES string of the molecule is CNC(=O)n1c(C)cc2c(F)c(Oc3ncnc(N)c3C=NOC)ccc21. The zero-order valence-corrected chi connectivity index (χ0v) is 14.9.